The van der Waals surface area contributed by atoms with Gasteiger partial charge in [0, 0.05) is 13.0 Å². The van der Waals surface area contributed by atoms with Gasteiger partial charge in [-0.15, -0.1) is 0 Å². The summed E-state index contributed by atoms with van der Waals surface area (Å²) in [6, 6.07) is 5.33. The minimum atomic E-state index is -0.0998. The van der Waals surface area contributed by atoms with Crippen molar-refractivity contribution in [3.05, 3.63) is 28.2 Å². The molecule has 0 saturated heterocycles. The lowest BCUT2D eigenvalue weighted by Gasteiger charge is -2.13. The summed E-state index contributed by atoms with van der Waals surface area (Å²) in [5, 5.41) is 12.7. The number of nitrogens with one attached hydrogen (secondary N) is 2. The van der Waals surface area contributed by atoms with Crippen LogP contribution in [-0.2, 0) is 4.79 Å². The zero-order valence-electron chi connectivity index (χ0n) is 10.4. The highest BCUT2D eigenvalue weighted by atomic mass is 35.5. The zero-order chi connectivity index (χ0) is 13.8. The van der Waals surface area contributed by atoms with Crippen molar-refractivity contribution in [2.24, 2.45) is 5.10 Å². The Morgan fingerprint density at radius 3 is 2.89 bits per heavy atom. The molecule has 0 radical (unpaired) electrons. The molecule has 1 aromatic rings. The molecule has 19 heavy (non-hydrogen) atoms. The first-order chi connectivity index (χ1) is 9.10. The summed E-state index contributed by atoms with van der Waals surface area (Å²) in [4.78, 5) is 11.4. The Labute approximate surface area is 121 Å². The molecule has 102 valence electrons. The molecule has 0 spiro atoms. The van der Waals surface area contributed by atoms with Gasteiger partial charge in [0.2, 0.25) is 5.91 Å². The van der Waals surface area contributed by atoms with Gasteiger partial charge in [0.05, 0.1) is 22.3 Å². The third-order valence-electron chi connectivity index (χ3n) is 2.62. The molecule has 1 aromatic carbocycles. The molecule has 1 aliphatic heterocycles. The predicted molar refractivity (Wildman–Crippen MR) is 77.9 cm³/mol. The molecular formula is C12H14Cl2N4O. The summed E-state index contributed by atoms with van der Waals surface area (Å²) >= 11 is 11.8. The maximum absolute atomic E-state index is 11.4. The predicted octanol–water partition coefficient (Wildman–Crippen LogP) is 1.85. The lowest BCUT2D eigenvalue weighted by atomic mass is 10.3. The number of benzene rings is 1. The maximum Gasteiger partial charge on any atom is 0.239 e. The summed E-state index contributed by atoms with van der Waals surface area (Å²) in [6.45, 7) is 0.971. The van der Waals surface area contributed by atoms with Crippen LogP contribution in [0.1, 0.15) is 6.42 Å². The Morgan fingerprint density at radius 2 is 2.21 bits per heavy atom. The van der Waals surface area contributed by atoms with Crippen LogP contribution in [0.25, 0.3) is 0 Å². The van der Waals surface area contributed by atoms with Gasteiger partial charge in [0.15, 0.2) is 0 Å². The Kier molecular flexibility index (Phi) is 4.63. The highest BCUT2D eigenvalue weighted by Gasteiger charge is 2.18. The fourth-order valence-electron chi connectivity index (χ4n) is 1.74. The van der Waals surface area contributed by atoms with Gasteiger partial charge in [-0.2, -0.15) is 5.10 Å². The van der Waals surface area contributed by atoms with Crippen molar-refractivity contribution in [2.75, 3.05) is 25.1 Å². The quantitative estimate of drug-likeness (QED) is 0.896. The molecule has 1 aliphatic rings. The smallest absolute Gasteiger partial charge is 0.239 e. The largest absolute Gasteiger partial charge is 0.312 e. The molecule has 0 aromatic heterocycles. The van der Waals surface area contributed by atoms with E-state index in [-0.39, 0.29) is 12.5 Å². The molecule has 0 bridgehead atoms. The minimum absolute atomic E-state index is 0.0998. The Bertz CT molecular complexity index is 518. The van der Waals surface area contributed by atoms with Gasteiger partial charge in [0.1, 0.15) is 5.84 Å². The van der Waals surface area contributed by atoms with Crippen molar-refractivity contribution in [2.45, 2.75) is 6.42 Å². The van der Waals surface area contributed by atoms with Gasteiger partial charge < -0.3 is 10.6 Å². The standard InChI is InChI=1S/C12H14Cl2N4O/c1-15-7-12(19)16-11-4-5-18(17-11)8-2-3-9(13)10(14)6-8/h2-3,6,15H,4-5,7H2,1H3,(H,16,17,19). The van der Waals surface area contributed by atoms with Crippen molar-refractivity contribution in [1.82, 2.24) is 10.6 Å². The highest BCUT2D eigenvalue weighted by Crippen LogP contribution is 2.28. The van der Waals surface area contributed by atoms with Gasteiger partial charge in [-0.05, 0) is 25.2 Å². The number of nitrogens with zero attached hydrogens (tertiary/aromatic N) is 2. The van der Waals surface area contributed by atoms with Crippen LogP contribution in [0, 0.1) is 0 Å². The van der Waals surface area contributed by atoms with E-state index in [4.69, 9.17) is 23.2 Å². The lowest BCUT2D eigenvalue weighted by molar-refractivity contribution is -0.118. The Balaban J connectivity index is 2.05. The third-order valence-corrected chi connectivity index (χ3v) is 3.36. The molecule has 1 amide bonds. The number of likely N-dealkylation sites (N-methyl/N-ethyl adjacent to an activating group) is 1. The number of halogens is 2. The van der Waals surface area contributed by atoms with Crippen LogP contribution < -0.4 is 15.6 Å². The highest BCUT2D eigenvalue weighted by molar-refractivity contribution is 6.42. The van der Waals surface area contributed by atoms with E-state index in [1.54, 1.807) is 24.2 Å². The van der Waals surface area contributed by atoms with E-state index in [1.165, 1.54) is 0 Å². The number of carbonyl (C=O) groups is 1. The molecule has 0 fully saturated rings. The molecule has 0 atom stereocenters. The second kappa shape index (κ2) is 6.23. The van der Waals surface area contributed by atoms with Crippen LogP contribution >= 0.6 is 23.2 Å². The Hall–Kier alpha value is -1.30. The first kappa shape index (κ1) is 14.1. The summed E-state index contributed by atoms with van der Waals surface area (Å²) in [6.07, 6.45) is 0.690. The lowest BCUT2D eigenvalue weighted by Crippen LogP contribution is -2.35. The SMILES string of the molecule is CNCC(=O)NC1=NN(c2ccc(Cl)c(Cl)c2)CC1. The Morgan fingerprint density at radius 1 is 1.42 bits per heavy atom. The van der Waals surface area contributed by atoms with E-state index in [2.05, 4.69) is 15.7 Å². The summed E-state index contributed by atoms with van der Waals surface area (Å²) in [7, 11) is 1.72. The number of hydrazone groups is 1. The normalized spacial score (nSPS) is 14.5. The van der Waals surface area contributed by atoms with Crippen molar-refractivity contribution >= 4 is 40.6 Å². The fourth-order valence-corrected chi connectivity index (χ4v) is 2.04. The minimum Gasteiger partial charge on any atom is -0.312 e. The van der Waals surface area contributed by atoms with Crippen LogP contribution in [0.2, 0.25) is 10.0 Å². The van der Waals surface area contributed by atoms with Crippen molar-refractivity contribution in [1.29, 1.82) is 0 Å². The molecule has 2 N–H and O–H groups in total. The van der Waals surface area contributed by atoms with Crippen molar-refractivity contribution in [3.8, 4) is 0 Å². The monoisotopic (exact) mass is 300 g/mol. The average Bonchev–Trinajstić information content (AvgIpc) is 2.81. The fraction of sp³-hybridized carbons (Fsp3) is 0.333. The van der Waals surface area contributed by atoms with E-state index in [1.807, 2.05) is 6.07 Å². The number of rotatable bonds is 3. The van der Waals surface area contributed by atoms with Crippen LogP contribution in [0.3, 0.4) is 0 Å². The topological polar surface area (TPSA) is 56.7 Å². The number of anilines is 1. The molecule has 0 aliphatic carbocycles. The number of hydrogen-bond acceptors (Lipinski definition) is 4. The number of carbonyl (C=O) groups excluding carboxylic acids is 1. The van der Waals surface area contributed by atoms with Gasteiger partial charge in [-0.1, -0.05) is 23.2 Å². The van der Waals surface area contributed by atoms with E-state index >= 15 is 0 Å². The van der Waals surface area contributed by atoms with Gasteiger partial charge >= 0.3 is 0 Å². The maximum atomic E-state index is 11.4. The van der Waals surface area contributed by atoms with E-state index in [0.29, 0.717) is 28.8 Å². The van der Waals surface area contributed by atoms with Crippen LogP contribution in [0.5, 0.6) is 0 Å². The van der Waals surface area contributed by atoms with Gasteiger partial charge in [-0.25, -0.2) is 0 Å². The van der Waals surface area contributed by atoms with Crippen LogP contribution in [0.15, 0.2) is 23.3 Å². The van der Waals surface area contributed by atoms with Crippen molar-refractivity contribution < 1.29 is 4.79 Å². The number of amides is 1. The molecule has 0 unspecified atom stereocenters. The molecule has 2 rings (SSSR count). The number of hydrogen-bond donors (Lipinski definition) is 2. The van der Waals surface area contributed by atoms with E-state index in [0.717, 1.165) is 5.69 Å². The number of amidine groups is 1. The first-order valence-corrected chi connectivity index (χ1v) is 6.60. The van der Waals surface area contributed by atoms with E-state index in [9.17, 15) is 4.79 Å². The summed E-state index contributed by atoms with van der Waals surface area (Å²) in [5.74, 6) is 0.559. The molecule has 0 saturated carbocycles. The molecular weight excluding hydrogens is 287 g/mol. The van der Waals surface area contributed by atoms with Gasteiger partial charge in [0.25, 0.3) is 0 Å². The summed E-state index contributed by atoms with van der Waals surface area (Å²) in [5.41, 5.74) is 0.854. The summed E-state index contributed by atoms with van der Waals surface area (Å²) < 4.78 is 0. The first-order valence-electron chi connectivity index (χ1n) is 5.84. The zero-order valence-corrected chi connectivity index (χ0v) is 11.9. The van der Waals surface area contributed by atoms with E-state index < -0.39 is 0 Å². The second-order valence-electron chi connectivity index (χ2n) is 4.10. The molecule has 7 heteroatoms. The van der Waals surface area contributed by atoms with Crippen LogP contribution in [0.4, 0.5) is 5.69 Å². The van der Waals surface area contributed by atoms with Crippen molar-refractivity contribution in [3.63, 3.8) is 0 Å². The molecule has 1 heterocycles. The third kappa shape index (κ3) is 3.59. The van der Waals surface area contributed by atoms with Gasteiger partial charge in [-0.3, -0.25) is 9.80 Å². The average molecular weight is 301 g/mol. The second-order valence-corrected chi connectivity index (χ2v) is 4.91. The van der Waals surface area contributed by atoms with Crippen LogP contribution in [-0.4, -0.2) is 31.9 Å². The molecule has 5 nitrogen and oxygen atoms in total.